The highest BCUT2D eigenvalue weighted by atomic mass is 32.2. The molecule has 1 aromatic carbocycles. The fourth-order valence-electron chi connectivity index (χ4n) is 3.63. The molecule has 1 aromatic heterocycles. The van der Waals surface area contributed by atoms with Crippen LogP contribution in [0.25, 0.3) is 0 Å². The third-order valence-electron chi connectivity index (χ3n) is 5.03. The molecule has 3 rings (SSSR count). The number of hydrogen-bond acceptors (Lipinski definition) is 5. The summed E-state index contributed by atoms with van der Waals surface area (Å²) in [4.78, 5) is 14.8. The Balaban J connectivity index is 1.60. The molecule has 0 N–H and O–H groups in total. The van der Waals surface area contributed by atoms with Gasteiger partial charge in [-0.1, -0.05) is 30.0 Å². The third kappa shape index (κ3) is 4.83. The fraction of sp³-hybridized carbons (Fsp3) is 0.550. The van der Waals surface area contributed by atoms with Crippen LogP contribution in [0.4, 0.5) is 0 Å². The van der Waals surface area contributed by atoms with Crippen molar-refractivity contribution in [3.05, 3.63) is 36.2 Å². The van der Waals surface area contributed by atoms with Gasteiger partial charge in [0.15, 0.2) is 11.0 Å². The number of carbonyl (C=O) groups is 1. The van der Waals surface area contributed by atoms with Crippen LogP contribution in [0.1, 0.15) is 45.9 Å². The van der Waals surface area contributed by atoms with Crippen molar-refractivity contribution < 1.29 is 9.53 Å². The van der Waals surface area contributed by atoms with E-state index in [1.807, 2.05) is 39.8 Å². The van der Waals surface area contributed by atoms with E-state index in [1.165, 1.54) is 18.2 Å². The van der Waals surface area contributed by atoms with Gasteiger partial charge in [-0.3, -0.25) is 4.79 Å². The smallest absolute Gasteiger partial charge is 0.233 e. The van der Waals surface area contributed by atoms with Crippen molar-refractivity contribution >= 4 is 17.7 Å². The zero-order valence-corrected chi connectivity index (χ0v) is 17.1. The van der Waals surface area contributed by atoms with Gasteiger partial charge in [0.1, 0.15) is 12.4 Å². The number of nitrogens with zero attached hydrogens (tertiary/aromatic N) is 4. The van der Waals surface area contributed by atoms with Gasteiger partial charge in [0.05, 0.1) is 5.75 Å². The number of aromatic nitrogens is 3. The van der Waals surface area contributed by atoms with Crippen LogP contribution in [0.5, 0.6) is 5.75 Å². The lowest BCUT2D eigenvalue weighted by Crippen LogP contribution is -2.48. The van der Waals surface area contributed by atoms with Crippen molar-refractivity contribution in [3.8, 4) is 5.75 Å². The van der Waals surface area contributed by atoms with E-state index in [4.69, 9.17) is 4.74 Å². The second-order valence-electron chi connectivity index (χ2n) is 6.96. The standard InChI is InChI=1S/C20H28N4O2S/c1-4-23-18(13-26-17-11-6-5-7-12-17)21-22-20(23)27-14-19(25)24-15(2)9-8-10-16(24)3/h5-7,11-12,15-16H,4,8-10,13-14H2,1-3H3/t15-,16-/m0/s1. The number of ether oxygens (including phenoxy) is 1. The van der Waals surface area contributed by atoms with Gasteiger partial charge in [-0.25, -0.2) is 0 Å². The Labute approximate surface area is 165 Å². The average Bonchev–Trinajstić information content (AvgIpc) is 3.07. The molecule has 0 saturated carbocycles. The maximum absolute atomic E-state index is 12.7. The molecule has 1 aliphatic rings. The Bertz CT molecular complexity index is 740. The van der Waals surface area contributed by atoms with Crippen molar-refractivity contribution in [1.82, 2.24) is 19.7 Å². The monoisotopic (exact) mass is 388 g/mol. The SMILES string of the molecule is CCn1c(COc2ccccc2)nnc1SCC(=O)N1[C@@H](C)CCC[C@@H]1C. The molecule has 0 bridgehead atoms. The van der Waals surface area contributed by atoms with Gasteiger partial charge in [0, 0.05) is 18.6 Å². The predicted molar refractivity (Wildman–Crippen MR) is 107 cm³/mol. The summed E-state index contributed by atoms with van der Waals surface area (Å²) < 4.78 is 7.81. The molecule has 2 atom stereocenters. The highest BCUT2D eigenvalue weighted by Gasteiger charge is 2.29. The minimum atomic E-state index is 0.187. The van der Waals surface area contributed by atoms with Crippen molar-refractivity contribution in [2.75, 3.05) is 5.75 Å². The normalized spacial score (nSPS) is 19.9. The van der Waals surface area contributed by atoms with E-state index in [0.29, 0.717) is 24.4 Å². The minimum absolute atomic E-state index is 0.187. The summed E-state index contributed by atoms with van der Waals surface area (Å²) in [5, 5.41) is 9.32. The number of thioether (sulfide) groups is 1. The Morgan fingerprint density at radius 3 is 2.56 bits per heavy atom. The molecule has 6 nitrogen and oxygen atoms in total. The molecule has 146 valence electrons. The summed E-state index contributed by atoms with van der Waals surface area (Å²) in [5.74, 6) is 2.16. The van der Waals surface area contributed by atoms with Crippen LogP contribution in [0, 0.1) is 0 Å². The first-order chi connectivity index (χ1) is 13.1. The summed E-state index contributed by atoms with van der Waals surface area (Å²) in [6.07, 6.45) is 3.38. The van der Waals surface area contributed by atoms with Crippen molar-refractivity contribution in [2.24, 2.45) is 0 Å². The highest BCUT2D eigenvalue weighted by molar-refractivity contribution is 7.99. The van der Waals surface area contributed by atoms with Crippen LogP contribution in [-0.4, -0.2) is 43.4 Å². The van der Waals surface area contributed by atoms with Crippen molar-refractivity contribution in [1.29, 1.82) is 0 Å². The van der Waals surface area contributed by atoms with Crippen LogP contribution in [0.15, 0.2) is 35.5 Å². The van der Waals surface area contributed by atoms with Crippen LogP contribution in [0.2, 0.25) is 0 Å². The maximum atomic E-state index is 12.7. The molecule has 1 saturated heterocycles. The molecule has 0 unspecified atom stereocenters. The summed E-state index contributed by atoms with van der Waals surface area (Å²) in [6.45, 7) is 7.45. The van der Waals surface area contributed by atoms with E-state index in [1.54, 1.807) is 0 Å². The molecule has 0 spiro atoms. The maximum Gasteiger partial charge on any atom is 0.233 e. The zero-order valence-electron chi connectivity index (χ0n) is 16.3. The molecule has 27 heavy (non-hydrogen) atoms. The van der Waals surface area contributed by atoms with Gasteiger partial charge in [0.2, 0.25) is 5.91 Å². The molecule has 1 fully saturated rings. The van der Waals surface area contributed by atoms with Gasteiger partial charge in [-0.15, -0.1) is 10.2 Å². The summed E-state index contributed by atoms with van der Waals surface area (Å²) in [5.41, 5.74) is 0. The van der Waals surface area contributed by atoms with Gasteiger partial charge >= 0.3 is 0 Å². The first-order valence-electron chi connectivity index (χ1n) is 9.64. The van der Waals surface area contributed by atoms with Gasteiger partial charge in [-0.05, 0) is 52.2 Å². The van der Waals surface area contributed by atoms with E-state index in [0.717, 1.165) is 36.1 Å². The number of benzene rings is 1. The van der Waals surface area contributed by atoms with Gasteiger partial charge in [0.25, 0.3) is 0 Å². The van der Waals surface area contributed by atoms with Crippen molar-refractivity contribution in [3.63, 3.8) is 0 Å². The summed E-state index contributed by atoms with van der Waals surface area (Å²) >= 11 is 1.46. The van der Waals surface area contributed by atoms with Crippen LogP contribution in [0.3, 0.4) is 0 Å². The lowest BCUT2D eigenvalue weighted by Gasteiger charge is -2.39. The number of carbonyl (C=O) groups excluding carboxylic acids is 1. The van der Waals surface area contributed by atoms with E-state index in [9.17, 15) is 4.79 Å². The first-order valence-corrected chi connectivity index (χ1v) is 10.6. The van der Waals surface area contributed by atoms with Crippen molar-refractivity contribution in [2.45, 2.75) is 70.4 Å². The van der Waals surface area contributed by atoms with Crippen LogP contribution >= 0.6 is 11.8 Å². The minimum Gasteiger partial charge on any atom is -0.486 e. The molecule has 2 heterocycles. The van der Waals surface area contributed by atoms with E-state index < -0.39 is 0 Å². The Hall–Kier alpha value is -2.02. The predicted octanol–water partition coefficient (Wildman–Crippen LogP) is 3.76. The Kier molecular flexibility index (Phi) is 6.77. The quantitative estimate of drug-likeness (QED) is 0.676. The number of rotatable bonds is 7. The van der Waals surface area contributed by atoms with E-state index in [-0.39, 0.29) is 5.91 Å². The molecule has 1 aliphatic heterocycles. The fourth-order valence-corrected chi connectivity index (χ4v) is 4.52. The van der Waals surface area contributed by atoms with Gasteiger partial charge in [-0.2, -0.15) is 0 Å². The molecule has 7 heteroatoms. The van der Waals surface area contributed by atoms with E-state index in [2.05, 4.69) is 31.0 Å². The number of hydrogen-bond donors (Lipinski definition) is 0. The second-order valence-corrected chi connectivity index (χ2v) is 7.91. The molecular weight excluding hydrogens is 360 g/mol. The first kappa shape index (κ1) is 19.7. The van der Waals surface area contributed by atoms with Crippen LogP contribution < -0.4 is 4.74 Å². The number of likely N-dealkylation sites (tertiary alicyclic amines) is 1. The third-order valence-corrected chi connectivity index (χ3v) is 5.98. The average molecular weight is 389 g/mol. The van der Waals surface area contributed by atoms with E-state index >= 15 is 0 Å². The lowest BCUT2D eigenvalue weighted by atomic mass is 9.98. The number of amides is 1. The second kappa shape index (κ2) is 9.26. The molecule has 0 aliphatic carbocycles. The topological polar surface area (TPSA) is 60.2 Å². The molecule has 0 radical (unpaired) electrons. The highest BCUT2D eigenvalue weighted by Crippen LogP contribution is 2.25. The number of para-hydroxylation sites is 1. The Morgan fingerprint density at radius 1 is 1.19 bits per heavy atom. The molecular formula is C20H28N4O2S. The van der Waals surface area contributed by atoms with Crippen LogP contribution in [-0.2, 0) is 17.9 Å². The van der Waals surface area contributed by atoms with Gasteiger partial charge < -0.3 is 14.2 Å². The summed E-state index contributed by atoms with van der Waals surface area (Å²) in [7, 11) is 0. The number of piperidine rings is 1. The Morgan fingerprint density at radius 2 is 1.89 bits per heavy atom. The molecule has 1 amide bonds. The largest absolute Gasteiger partial charge is 0.486 e. The lowest BCUT2D eigenvalue weighted by molar-refractivity contribution is -0.134. The zero-order chi connectivity index (χ0) is 19.2. The summed E-state index contributed by atoms with van der Waals surface area (Å²) in [6, 6.07) is 10.3. The molecule has 2 aromatic rings.